The molecule has 0 aromatic heterocycles. The standard InChI is InChI=1S/C13H16/c1-10-3-6-12-7-5-11(2)9-13(12)8-4-10/h4-5,7-10H,3,6H2,1-2H3. The van der Waals surface area contributed by atoms with E-state index in [2.05, 4.69) is 44.2 Å². The fourth-order valence-corrected chi connectivity index (χ4v) is 1.84. The third-order valence-electron chi connectivity index (χ3n) is 2.77. The van der Waals surface area contributed by atoms with Gasteiger partial charge in [-0.05, 0) is 36.8 Å². The number of hydrogen-bond donors (Lipinski definition) is 0. The molecule has 0 amide bonds. The van der Waals surface area contributed by atoms with E-state index in [1.807, 2.05) is 0 Å². The highest BCUT2D eigenvalue weighted by atomic mass is 14.1. The van der Waals surface area contributed by atoms with Crippen LogP contribution in [0.1, 0.15) is 30.0 Å². The van der Waals surface area contributed by atoms with Crippen LogP contribution in [0.3, 0.4) is 0 Å². The van der Waals surface area contributed by atoms with Gasteiger partial charge in [-0.3, -0.25) is 0 Å². The smallest absolute Gasteiger partial charge is 0.0225 e. The predicted octanol–water partition coefficient (Wildman–Crippen LogP) is 3.59. The first-order chi connectivity index (χ1) is 6.25. The van der Waals surface area contributed by atoms with E-state index in [1.165, 1.54) is 29.5 Å². The summed E-state index contributed by atoms with van der Waals surface area (Å²) in [6.45, 7) is 4.44. The number of rotatable bonds is 0. The van der Waals surface area contributed by atoms with Crippen molar-refractivity contribution in [2.45, 2.75) is 26.7 Å². The molecule has 0 saturated carbocycles. The monoisotopic (exact) mass is 172 g/mol. The van der Waals surface area contributed by atoms with Gasteiger partial charge in [0.15, 0.2) is 0 Å². The highest BCUT2D eigenvalue weighted by molar-refractivity contribution is 5.56. The third-order valence-corrected chi connectivity index (χ3v) is 2.77. The Morgan fingerprint density at radius 1 is 1.31 bits per heavy atom. The molecule has 0 heterocycles. The van der Waals surface area contributed by atoms with Crippen LogP contribution in [0.4, 0.5) is 0 Å². The minimum atomic E-state index is 0.729. The largest absolute Gasteiger partial charge is 0.0811 e. The van der Waals surface area contributed by atoms with Crippen molar-refractivity contribution in [3.63, 3.8) is 0 Å². The molecule has 1 atom stereocenters. The van der Waals surface area contributed by atoms with Crippen LogP contribution in [0.25, 0.3) is 6.08 Å². The van der Waals surface area contributed by atoms with E-state index >= 15 is 0 Å². The highest BCUT2D eigenvalue weighted by Gasteiger charge is 2.07. The summed E-state index contributed by atoms with van der Waals surface area (Å²) in [4.78, 5) is 0. The summed E-state index contributed by atoms with van der Waals surface area (Å²) in [6, 6.07) is 6.76. The lowest BCUT2D eigenvalue weighted by Gasteiger charge is -2.04. The Balaban J connectivity index is 2.42. The molecule has 0 N–H and O–H groups in total. The first kappa shape index (κ1) is 8.55. The summed E-state index contributed by atoms with van der Waals surface area (Å²) in [5, 5.41) is 0. The van der Waals surface area contributed by atoms with Gasteiger partial charge in [0, 0.05) is 0 Å². The van der Waals surface area contributed by atoms with Gasteiger partial charge in [-0.2, -0.15) is 0 Å². The Morgan fingerprint density at radius 3 is 3.00 bits per heavy atom. The van der Waals surface area contributed by atoms with E-state index in [-0.39, 0.29) is 0 Å². The van der Waals surface area contributed by atoms with Gasteiger partial charge in [-0.15, -0.1) is 0 Å². The van der Waals surface area contributed by atoms with E-state index in [1.54, 1.807) is 0 Å². The number of hydrogen-bond acceptors (Lipinski definition) is 0. The van der Waals surface area contributed by atoms with Crippen molar-refractivity contribution in [2.24, 2.45) is 5.92 Å². The Kier molecular flexibility index (Phi) is 2.22. The van der Waals surface area contributed by atoms with Crippen LogP contribution in [0.2, 0.25) is 0 Å². The molecule has 0 saturated heterocycles. The molecule has 0 fully saturated rings. The van der Waals surface area contributed by atoms with Crippen molar-refractivity contribution < 1.29 is 0 Å². The number of aryl methyl sites for hydroxylation is 2. The zero-order valence-corrected chi connectivity index (χ0v) is 8.38. The second kappa shape index (κ2) is 3.37. The van der Waals surface area contributed by atoms with E-state index < -0.39 is 0 Å². The number of fused-ring (bicyclic) bond motifs is 1. The van der Waals surface area contributed by atoms with Gasteiger partial charge in [0.25, 0.3) is 0 Å². The fraction of sp³-hybridized carbons (Fsp3) is 0.385. The van der Waals surface area contributed by atoms with E-state index in [0.29, 0.717) is 0 Å². The van der Waals surface area contributed by atoms with E-state index in [4.69, 9.17) is 0 Å². The van der Waals surface area contributed by atoms with Crippen molar-refractivity contribution in [1.29, 1.82) is 0 Å². The van der Waals surface area contributed by atoms with Crippen LogP contribution >= 0.6 is 0 Å². The Hall–Kier alpha value is -1.04. The van der Waals surface area contributed by atoms with E-state index in [0.717, 1.165) is 5.92 Å². The average Bonchev–Trinajstić information content (AvgIpc) is 2.29. The zero-order chi connectivity index (χ0) is 9.26. The van der Waals surface area contributed by atoms with Gasteiger partial charge in [-0.1, -0.05) is 42.8 Å². The molecule has 1 aromatic rings. The maximum Gasteiger partial charge on any atom is -0.0225 e. The van der Waals surface area contributed by atoms with Crippen LogP contribution < -0.4 is 0 Å². The van der Waals surface area contributed by atoms with Crippen LogP contribution in [-0.2, 0) is 6.42 Å². The second-order valence-electron chi connectivity index (χ2n) is 4.08. The molecule has 13 heavy (non-hydrogen) atoms. The van der Waals surface area contributed by atoms with Crippen molar-refractivity contribution >= 4 is 6.08 Å². The Morgan fingerprint density at radius 2 is 2.15 bits per heavy atom. The Bertz CT molecular complexity index is 334. The van der Waals surface area contributed by atoms with Crippen LogP contribution in [0, 0.1) is 12.8 Å². The van der Waals surface area contributed by atoms with Gasteiger partial charge in [0.2, 0.25) is 0 Å². The van der Waals surface area contributed by atoms with Crippen LogP contribution in [-0.4, -0.2) is 0 Å². The zero-order valence-electron chi connectivity index (χ0n) is 8.38. The molecule has 0 radical (unpaired) electrons. The molecule has 0 aliphatic heterocycles. The second-order valence-corrected chi connectivity index (χ2v) is 4.08. The third kappa shape index (κ3) is 1.82. The Labute approximate surface area is 80.3 Å². The molecule has 1 unspecified atom stereocenters. The molecule has 2 rings (SSSR count). The number of allylic oxidation sites excluding steroid dienone is 1. The SMILES string of the molecule is Cc1ccc2c(c1)C=CC(C)CC2. The average molecular weight is 172 g/mol. The molecule has 0 spiro atoms. The van der Waals surface area contributed by atoms with Crippen molar-refractivity contribution in [3.05, 3.63) is 41.0 Å². The molecular weight excluding hydrogens is 156 g/mol. The maximum atomic E-state index is 2.32. The molecule has 0 heteroatoms. The lowest BCUT2D eigenvalue weighted by atomic mass is 10.0. The summed E-state index contributed by atoms with van der Waals surface area (Å²) in [5.74, 6) is 0.729. The summed E-state index contributed by atoms with van der Waals surface area (Å²) in [7, 11) is 0. The minimum Gasteiger partial charge on any atom is -0.0811 e. The van der Waals surface area contributed by atoms with Gasteiger partial charge >= 0.3 is 0 Å². The molecule has 0 bridgehead atoms. The summed E-state index contributed by atoms with van der Waals surface area (Å²) in [6.07, 6.45) is 7.11. The van der Waals surface area contributed by atoms with Gasteiger partial charge in [0.1, 0.15) is 0 Å². The summed E-state index contributed by atoms with van der Waals surface area (Å²) in [5.41, 5.74) is 4.29. The van der Waals surface area contributed by atoms with Gasteiger partial charge in [-0.25, -0.2) is 0 Å². The quantitative estimate of drug-likeness (QED) is 0.561. The number of benzene rings is 1. The van der Waals surface area contributed by atoms with Crippen LogP contribution in [0.5, 0.6) is 0 Å². The molecule has 1 aliphatic rings. The highest BCUT2D eigenvalue weighted by Crippen LogP contribution is 2.22. The minimum absolute atomic E-state index is 0.729. The van der Waals surface area contributed by atoms with Crippen molar-refractivity contribution in [3.8, 4) is 0 Å². The lowest BCUT2D eigenvalue weighted by Crippen LogP contribution is -1.91. The van der Waals surface area contributed by atoms with Crippen molar-refractivity contribution in [1.82, 2.24) is 0 Å². The molecule has 0 nitrogen and oxygen atoms in total. The predicted molar refractivity (Wildman–Crippen MR) is 57.7 cm³/mol. The van der Waals surface area contributed by atoms with Gasteiger partial charge in [0.05, 0.1) is 0 Å². The lowest BCUT2D eigenvalue weighted by molar-refractivity contribution is 0.655. The molecule has 1 aromatic carbocycles. The summed E-state index contributed by atoms with van der Waals surface area (Å²) < 4.78 is 0. The maximum absolute atomic E-state index is 2.32. The fourth-order valence-electron chi connectivity index (χ4n) is 1.84. The van der Waals surface area contributed by atoms with Crippen LogP contribution in [0.15, 0.2) is 24.3 Å². The first-order valence-corrected chi connectivity index (χ1v) is 5.03. The first-order valence-electron chi connectivity index (χ1n) is 5.03. The van der Waals surface area contributed by atoms with E-state index in [9.17, 15) is 0 Å². The molecule has 68 valence electrons. The molecule has 1 aliphatic carbocycles. The molecular formula is C13H16. The van der Waals surface area contributed by atoms with Gasteiger partial charge < -0.3 is 0 Å². The topological polar surface area (TPSA) is 0 Å². The summed E-state index contributed by atoms with van der Waals surface area (Å²) >= 11 is 0. The van der Waals surface area contributed by atoms with Crippen molar-refractivity contribution in [2.75, 3.05) is 0 Å². The normalized spacial score (nSPS) is 20.9.